The fraction of sp³-hybridized carbons (Fsp3) is 0.667. The van der Waals surface area contributed by atoms with Crippen LogP contribution in [-0.4, -0.2) is 9.55 Å². The topological polar surface area (TPSA) is 43.8 Å². The third-order valence-electron chi connectivity index (χ3n) is 1.86. The Bertz CT molecular complexity index is 255. The molecule has 1 rings (SSSR count). The smallest absolute Gasteiger partial charge is 0.0953 e. The maximum Gasteiger partial charge on any atom is 0.0953 e. The molecule has 2 N–H and O–H groups in total. The van der Waals surface area contributed by atoms with Crippen LogP contribution >= 0.6 is 0 Å². The quantitative estimate of drug-likeness (QED) is 0.691. The Morgan fingerprint density at radius 1 is 1.50 bits per heavy atom. The van der Waals surface area contributed by atoms with Crippen molar-refractivity contribution in [2.24, 2.45) is 5.73 Å². The molecule has 0 spiro atoms. The van der Waals surface area contributed by atoms with Gasteiger partial charge in [0.05, 0.1) is 12.0 Å². The maximum atomic E-state index is 5.79. The second-order valence-corrected chi connectivity index (χ2v) is 4.15. The summed E-state index contributed by atoms with van der Waals surface area (Å²) in [6, 6.07) is 0.0479. The SMILES string of the molecule is CC(N)c1cncn1C(C)(C)C. The molecule has 1 atom stereocenters. The van der Waals surface area contributed by atoms with Gasteiger partial charge < -0.3 is 10.3 Å². The molecule has 0 aliphatic carbocycles. The van der Waals surface area contributed by atoms with E-state index >= 15 is 0 Å². The summed E-state index contributed by atoms with van der Waals surface area (Å²) >= 11 is 0. The van der Waals surface area contributed by atoms with Crippen LogP contribution in [0.2, 0.25) is 0 Å². The Morgan fingerprint density at radius 2 is 2.08 bits per heavy atom. The summed E-state index contributed by atoms with van der Waals surface area (Å²) in [5, 5.41) is 0. The number of nitrogens with zero attached hydrogens (tertiary/aromatic N) is 2. The van der Waals surface area contributed by atoms with Crippen molar-refractivity contribution >= 4 is 0 Å². The summed E-state index contributed by atoms with van der Waals surface area (Å²) in [6.07, 6.45) is 3.66. The fourth-order valence-corrected chi connectivity index (χ4v) is 1.20. The third kappa shape index (κ3) is 1.67. The van der Waals surface area contributed by atoms with Crippen LogP contribution in [0.25, 0.3) is 0 Å². The van der Waals surface area contributed by atoms with Crippen molar-refractivity contribution in [2.45, 2.75) is 39.3 Å². The van der Waals surface area contributed by atoms with Crippen LogP contribution in [0.15, 0.2) is 12.5 Å². The molecule has 0 saturated carbocycles. The minimum absolute atomic E-state index is 0.0479. The Labute approximate surface area is 73.6 Å². The first-order valence-corrected chi connectivity index (χ1v) is 4.21. The number of imidazole rings is 1. The van der Waals surface area contributed by atoms with Gasteiger partial charge in [0.1, 0.15) is 0 Å². The minimum atomic E-state index is 0.0479. The van der Waals surface area contributed by atoms with Crippen LogP contribution in [0, 0.1) is 0 Å². The van der Waals surface area contributed by atoms with E-state index in [0.29, 0.717) is 0 Å². The largest absolute Gasteiger partial charge is 0.328 e. The first-order valence-electron chi connectivity index (χ1n) is 4.21. The predicted octanol–water partition coefficient (Wildman–Crippen LogP) is 1.66. The lowest BCUT2D eigenvalue weighted by atomic mass is 10.1. The number of aromatic nitrogens is 2. The lowest BCUT2D eigenvalue weighted by molar-refractivity contribution is 0.378. The predicted molar refractivity (Wildman–Crippen MR) is 49.8 cm³/mol. The number of rotatable bonds is 1. The van der Waals surface area contributed by atoms with Crippen LogP contribution in [0.3, 0.4) is 0 Å². The number of nitrogens with two attached hydrogens (primary N) is 1. The molecule has 12 heavy (non-hydrogen) atoms. The Morgan fingerprint density at radius 3 is 2.42 bits per heavy atom. The summed E-state index contributed by atoms with van der Waals surface area (Å²) in [5.41, 5.74) is 6.95. The van der Waals surface area contributed by atoms with Gasteiger partial charge >= 0.3 is 0 Å². The van der Waals surface area contributed by atoms with Gasteiger partial charge in [-0.15, -0.1) is 0 Å². The van der Waals surface area contributed by atoms with Crippen molar-refractivity contribution in [3.8, 4) is 0 Å². The molecule has 3 heteroatoms. The van der Waals surface area contributed by atoms with E-state index in [2.05, 4.69) is 30.3 Å². The standard InChI is InChI=1S/C9H17N3/c1-7(10)8-5-11-6-12(8)9(2,3)4/h5-7H,10H2,1-4H3. The average molecular weight is 167 g/mol. The third-order valence-corrected chi connectivity index (χ3v) is 1.86. The van der Waals surface area contributed by atoms with Crippen LogP contribution in [0.4, 0.5) is 0 Å². The summed E-state index contributed by atoms with van der Waals surface area (Å²) in [6.45, 7) is 8.39. The Balaban J connectivity index is 3.08. The first kappa shape index (κ1) is 9.26. The lowest BCUT2D eigenvalue weighted by Crippen LogP contribution is -2.25. The van der Waals surface area contributed by atoms with Gasteiger partial charge in [0.15, 0.2) is 0 Å². The Hall–Kier alpha value is -0.830. The van der Waals surface area contributed by atoms with E-state index in [0.717, 1.165) is 5.69 Å². The Kier molecular flexibility index (Phi) is 2.24. The fourth-order valence-electron chi connectivity index (χ4n) is 1.20. The van der Waals surface area contributed by atoms with Gasteiger partial charge in [-0.05, 0) is 27.7 Å². The summed E-state index contributed by atoms with van der Waals surface area (Å²) < 4.78 is 2.11. The van der Waals surface area contributed by atoms with Crippen LogP contribution in [0.5, 0.6) is 0 Å². The molecule has 0 radical (unpaired) electrons. The van der Waals surface area contributed by atoms with Crippen molar-refractivity contribution in [1.29, 1.82) is 0 Å². The molecule has 1 aromatic rings. The highest BCUT2D eigenvalue weighted by atomic mass is 15.1. The first-order chi connectivity index (χ1) is 5.43. The van der Waals surface area contributed by atoms with Crippen molar-refractivity contribution in [1.82, 2.24) is 9.55 Å². The van der Waals surface area contributed by atoms with Gasteiger partial charge in [0, 0.05) is 17.8 Å². The molecule has 0 aliphatic rings. The van der Waals surface area contributed by atoms with Gasteiger partial charge in [0.2, 0.25) is 0 Å². The number of hydrogen-bond donors (Lipinski definition) is 1. The number of hydrogen-bond acceptors (Lipinski definition) is 2. The van der Waals surface area contributed by atoms with Crippen LogP contribution in [-0.2, 0) is 5.54 Å². The van der Waals surface area contributed by atoms with Gasteiger partial charge in [-0.25, -0.2) is 4.98 Å². The van der Waals surface area contributed by atoms with Gasteiger partial charge in [-0.2, -0.15) is 0 Å². The molecule has 0 aliphatic heterocycles. The normalized spacial score (nSPS) is 14.8. The highest BCUT2D eigenvalue weighted by Gasteiger charge is 2.17. The summed E-state index contributed by atoms with van der Waals surface area (Å²) in [4.78, 5) is 4.09. The van der Waals surface area contributed by atoms with E-state index in [4.69, 9.17) is 5.73 Å². The maximum absolute atomic E-state index is 5.79. The molecule has 0 aromatic carbocycles. The van der Waals surface area contributed by atoms with Crippen molar-refractivity contribution in [3.05, 3.63) is 18.2 Å². The second-order valence-electron chi connectivity index (χ2n) is 4.15. The van der Waals surface area contributed by atoms with Crippen LogP contribution in [0.1, 0.15) is 39.4 Å². The monoisotopic (exact) mass is 167 g/mol. The lowest BCUT2D eigenvalue weighted by Gasteiger charge is -2.24. The highest BCUT2D eigenvalue weighted by molar-refractivity contribution is 5.06. The van der Waals surface area contributed by atoms with Crippen LogP contribution < -0.4 is 5.73 Å². The molecule has 0 bridgehead atoms. The van der Waals surface area contributed by atoms with E-state index in [1.165, 1.54) is 0 Å². The van der Waals surface area contributed by atoms with E-state index in [-0.39, 0.29) is 11.6 Å². The van der Waals surface area contributed by atoms with Crippen molar-refractivity contribution in [3.63, 3.8) is 0 Å². The molecular formula is C9H17N3. The van der Waals surface area contributed by atoms with E-state index < -0.39 is 0 Å². The van der Waals surface area contributed by atoms with Crippen molar-refractivity contribution < 1.29 is 0 Å². The zero-order chi connectivity index (χ0) is 9.35. The molecule has 1 aromatic heterocycles. The molecule has 3 nitrogen and oxygen atoms in total. The zero-order valence-corrected chi connectivity index (χ0v) is 8.20. The van der Waals surface area contributed by atoms with Gasteiger partial charge in [-0.1, -0.05) is 0 Å². The molecule has 0 fully saturated rings. The van der Waals surface area contributed by atoms with E-state index in [1.54, 1.807) is 0 Å². The zero-order valence-electron chi connectivity index (χ0n) is 8.20. The highest BCUT2D eigenvalue weighted by Crippen LogP contribution is 2.19. The average Bonchev–Trinajstić information content (AvgIpc) is 2.30. The molecule has 68 valence electrons. The summed E-state index contributed by atoms with van der Waals surface area (Å²) in [7, 11) is 0. The van der Waals surface area contributed by atoms with E-state index in [9.17, 15) is 0 Å². The second kappa shape index (κ2) is 2.90. The minimum Gasteiger partial charge on any atom is -0.328 e. The molecule has 0 saturated heterocycles. The summed E-state index contributed by atoms with van der Waals surface area (Å²) in [5.74, 6) is 0. The van der Waals surface area contributed by atoms with Crippen molar-refractivity contribution in [2.75, 3.05) is 0 Å². The molecular weight excluding hydrogens is 150 g/mol. The van der Waals surface area contributed by atoms with Gasteiger partial charge in [0.25, 0.3) is 0 Å². The molecule has 1 heterocycles. The molecule has 1 unspecified atom stereocenters. The van der Waals surface area contributed by atoms with Gasteiger partial charge in [-0.3, -0.25) is 0 Å². The van der Waals surface area contributed by atoms with E-state index in [1.807, 2.05) is 19.4 Å². The molecule has 0 amide bonds.